The fraction of sp³-hybridized carbons (Fsp3) is 0.0909. The third-order valence-electron chi connectivity index (χ3n) is 4.66. The van der Waals surface area contributed by atoms with E-state index in [2.05, 4.69) is 10.0 Å². The molecule has 0 aliphatic rings. The highest BCUT2D eigenvalue weighted by molar-refractivity contribution is 7.92. The zero-order chi connectivity index (χ0) is 22.7. The van der Waals surface area contributed by atoms with Crippen LogP contribution in [0.5, 0.6) is 0 Å². The van der Waals surface area contributed by atoms with Crippen LogP contribution in [0.25, 0.3) is 11.1 Å². The highest BCUT2D eigenvalue weighted by atomic mass is 35.5. The number of hydrogen-bond acceptors (Lipinski definition) is 5. The van der Waals surface area contributed by atoms with Gasteiger partial charge in [0.2, 0.25) is 5.91 Å². The minimum absolute atomic E-state index is 0.00341. The van der Waals surface area contributed by atoms with Gasteiger partial charge in [-0.2, -0.15) is 0 Å². The van der Waals surface area contributed by atoms with Crippen LogP contribution in [-0.4, -0.2) is 18.9 Å². The molecule has 0 spiro atoms. The summed E-state index contributed by atoms with van der Waals surface area (Å²) >= 11 is 5.82. The number of hydrogen-bond donors (Lipinski definition) is 2. The Hall–Kier alpha value is -3.56. The zero-order valence-electron chi connectivity index (χ0n) is 16.6. The Morgan fingerprint density at radius 1 is 0.969 bits per heavy atom. The Balaban J connectivity index is 1.44. The van der Waals surface area contributed by atoms with Crippen LogP contribution < -0.4 is 15.8 Å². The summed E-state index contributed by atoms with van der Waals surface area (Å²) in [4.78, 5) is 24.4. The summed E-state index contributed by atoms with van der Waals surface area (Å²) in [6.45, 7) is 0.123. The number of amides is 1. The summed E-state index contributed by atoms with van der Waals surface area (Å²) in [5.41, 5.74) is 1.73. The molecule has 0 bridgehead atoms. The predicted octanol–water partition coefficient (Wildman–Crippen LogP) is 4.08. The monoisotopic (exact) mass is 471 g/mol. The number of nitrogens with zero attached hydrogens (tertiary/aromatic N) is 1. The van der Waals surface area contributed by atoms with E-state index < -0.39 is 15.8 Å². The van der Waals surface area contributed by atoms with Crippen molar-refractivity contribution in [2.24, 2.45) is 0 Å². The molecule has 0 saturated carbocycles. The van der Waals surface area contributed by atoms with Crippen LogP contribution in [-0.2, 0) is 21.4 Å². The molecule has 0 aliphatic carbocycles. The topological polar surface area (TPSA) is 110 Å². The molecule has 4 aromatic rings. The van der Waals surface area contributed by atoms with Crippen molar-refractivity contribution < 1.29 is 17.6 Å². The number of oxazole rings is 1. The van der Waals surface area contributed by atoms with E-state index >= 15 is 0 Å². The van der Waals surface area contributed by atoms with E-state index in [-0.39, 0.29) is 23.8 Å². The van der Waals surface area contributed by atoms with Crippen LogP contribution in [0.3, 0.4) is 0 Å². The van der Waals surface area contributed by atoms with Gasteiger partial charge in [-0.15, -0.1) is 0 Å². The first-order valence-electron chi connectivity index (χ1n) is 9.58. The number of benzene rings is 3. The van der Waals surface area contributed by atoms with Crippen molar-refractivity contribution in [1.29, 1.82) is 0 Å². The minimum atomic E-state index is -3.86. The van der Waals surface area contributed by atoms with Gasteiger partial charge in [0.05, 0.1) is 10.4 Å². The molecule has 1 heterocycles. The quantitative estimate of drug-likeness (QED) is 0.422. The number of rotatable bonds is 7. The molecule has 0 radical (unpaired) electrons. The molecule has 1 amide bonds. The minimum Gasteiger partial charge on any atom is -0.408 e. The third-order valence-corrected chi connectivity index (χ3v) is 6.29. The maximum absolute atomic E-state index is 12.7. The summed E-state index contributed by atoms with van der Waals surface area (Å²) in [5.74, 6) is -0.914. The van der Waals surface area contributed by atoms with Gasteiger partial charge in [-0.05, 0) is 54.6 Å². The van der Waals surface area contributed by atoms with Crippen molar-refractivity contribution in [2.75, 3.05) is 10.0 Å². The molecule has 164 valence electrons. The normalized spacial score (nSPS) is 11.4. The van der Waals surface area contributed by atoms with Crippen LogP contribution in [0.1, 0.15) is 6.42 Å². The first kappa shape index (κ1) is 21.7. The van der Waals surface area contributed by atoms with Gasteiger partial charge < -0.3 is 9.73 Å². The predicted molar refractivity (Wildman–Crippen MR) is 122 cm³/mol. The lowest BCUT2D eigenvalue weighted by Crippen LogP contribution is -2.20. The number of para-hydroxylation sites is 2. The van der Waals surface area contributed by atoms with Gasteiger partial charge in [0, 0.05) is 29.4 Å². The van der Waals surface area contributed by atoms with Crippen molar-refractivity contribution in [3.63, 3.8) is 0 Å². The van der Waals surface area contributed by atoms with E-state index in [9.17, 15) is 18.0 Å². The van der Waals surface area contributed by atoms with Crippen molar-refractivity contribution in [1.82, 2.24) is 4.57 Å². The number of fused-ring (bicyclic) bond motifs is 1. The Kier molecular flexibility index (Phi) is 6.02. The molecule has 0 atom stereocenters. The first-order valence-corrected chi connectivity index (χ1v) is 11.4. The second-order valence-corrected chi connectivity index (χ2v) is 9.04. The molecule has 0 fully saturated rings. The molecular weight excluding hydrogens is 454 g/mol. The van der Waals surface area contributed by atoms with Gasteiger partial charge in [-0.25, -0.2) is 13.2 Å². The molecule has 0 saturated heterocycles. The Labute approximate surface area is 188 Å². The van der Waals surface area contributed by atoms with E-state index in [1.165, 1.54) is 22.8 Å². The number of sulfonamides is 1. The lowest BCUT2D eigenvalue weighted by Gasteiger charge is -2.10. The molecule has 32 heavy (non-hydrogen) atoms. The van der Waals surface area contributed by atoms with Crippen LogP contribution in [0, 0.1) is 0 Å². The van der Waals surface area contributed by atoms with Gasteiger partial charge in [0.25, 0.3) is 10.0 Å². The summed E-state index contributed by atoms with van der Waals surface area (Å²) in [7, 11) is -3.86. The highest BCUT2D eigenvalue weighted by Gasteiger charge is 2.16. The number of carbonyl (C=O) groups excluding carboxylic acids is 1. The molecule has 2 N–H and O–H groups in total. The smallest absolute Gasteiger partial charge is 0.408 e. The van der Waals surface area contributed by atoms with E-state index in [1.54, 1.807) is 54.6 Å². The first-order chi connectivity index (χ1) is 15.3. The van der Waals surface area contributed by atoms with E-state index in [1.807, 2.05) is 0 Å². The molecule has 0 unspecified atom stereocenters. The fourth-order valence-corrected chi connectivity index (χ4v) is 4.37. The van der Waals surface area contributed by atoms with Gasteiger partial charge in [0.1, 0.15) is 0 Å². The van der Waals surface area contributed by atoms with Crippen molar-refractivity contribution in [3.05, 3.63) is 88.4 Å². The molecular formula is C22H18ClN3O5S. The molecule has 0 aliphatic heterocycles. The largest absolute Gasteiger partial charge is 0.419 e. The average Bonchev–Trinajstić information content (AvgIpc) is 3.09. The van der Waals surface area contributed by atoms with Gasteiger partial charge in [0.15, 0.2) is 5.58 Å². The van der Waals surface area contributed by atoms with Crippen LogP contribution in [0.4, 0.5) is 11.4 Å². The third kappa shape index (κ3) is 4.84. The van der Waals surface area contributed by atoms with E-state index in [0.717, 1.165) is 0 Å². The van der Waals surface area contributed by atoms with Crippen molar-refractivity contribution in [3.8, 4) is 0 Å². The molecule has 3 aromatic carbocycles. The summed E-state index contributed by atoms with van der Waals surface area (Å²) in [5, 5.41) is 3.15. The standard InChI is InChI=1S/C22H18ClN3O5S/c23-15-8-10-16(11-9-15)25-32(29,30)18-5-3-4-17(14-18)24-21(27)12-13-26-19-6-1-2-7-20(19)31-22(26)28/h1-11,14,25H,12-13H2,(H,24,27). The van der Waals surface area contributed by atoms with Crippen molar-refractivity contribution in [2.45, 2.75) is 17.9 Å². The van der Waals surface area contributed by atoms with Crippen molar-refractivity contribution >= 4 is 50.0 Å². The zero-order valence-corrected chi connectivity index (χ0v) is 18.2. The summed E-state index contributed by atoms with van der Waals surface area (Å²) < 4.78 is 34.3. The Morgan fingerprint density at radius 2 is 1.72 bits per heavy atom. The van der Waals surface area contributed by atoms with E-state index in [4.69, 9.17) is 16.0 Å². The number of anilines is 2. The van der Waals surface area contributed by atoms with E-state index in [0.29, 0.717) is 27.5 Å². The number of aryl methyl sites for hydroxylation is 1. The SMILES string of the molecule is O=C(CCn1c(=O)oc2ccccc21)Nc1cccc(S(=O)(=O)Nc2ccc(Cl)cc2)c1. The Morgan fingerprint density at radius 3 is 2.50 bits per heavy atom. The molecule has 8 nitrogen and oxygen atoms in total. The van der Waals surface area contributed by atoms with Crippen LogP contribution >= 0.6 is 11.6 Å². The maximum Gasteiger partial charge on any atom is 0.419 e. The molecule has 4 rings (SSSR count). The number of carbonyl (C=O) groups is 1. The number of halogens is 1. The molecule has 1 aromatic heterocycles. The highest BCUT2D eigenvalue weighted by Crippen LogP contribution is 2.21. The number of aromatic nitrogens is 1. The van der Waals surface area contributed by atoms with Gasteiger partial charge in [-0.3, -0.25) is 14.1 Å². The number of nitrogens with one attached hydrogen (secondary N) is 2. The average molecular weight is 472 g/mol. The van der Waals surface area contributed by atoms with Crippen LogP contribution in [0.15, 0.2) is 86.9 Å². The Bertz CT molecular complexity index is 1440. The summed E-state index contributed by atoms with van der Waals surface area (Å²) in [6, 6.07) is 19.1. The van der Waals surface area contributed by atoms with Crippen LogP contribution in [0.2, 0.25) is 5.02 Å². The van der Waals surface area contributed by atoms with Gasteiger partial charge in [-0.1, -0.05) is 29.8 Å². The fourth-order valence-electron chi connectivity index (χ4n) is 3.14. The molecule has 10 heteroatoms. The van der Waals surface area contributed by atoms with Gasteiger partial charge >= 0.3 is 5.76 Å². The summed E-state index contributed by atoms with van der Waals surface area (Å²) in [6.07, 6.45) is 0.00341. The lowest BCUT2D eigenvalue weighted by atomic mass is 10.3. The maximum atomic E-state index is 12.7. The second kappa shape index (κ2) is 8.89. The second-order valence-electron chi connectivity index (χ2n) is 6.93. The lowest BCUT2D eigenvalue weighted by molar-refractivity contribution is -0.116.